The lowest BCUT2D eigenvalue weighted by atomic mass is 10.5. The van der Waals surface area contributed by atoms with Gasteiger partial charge >= 0.3 is 6.09 Å². The van der Waals surface area contributed by atoms with Crippen molar-refractivity contribution in [1.29, 1.82) is 0 Å². The largest absolute Gasteiger partial charge is 0.433 e. The van der Waals surface area contributed by atoms with Crippen LogP contribution >= 0.6 is 15.9 Å². The topological polar surface area (TPSA) is 85.6 Å². The molecule has 0 bridgehead atoms. The molecule has 0 spiro atoms. The number of nitrogens with one attached hydrogen (secondary N) is 1. The Balaban J connectivity index is 2.74. The van der Waals surface area contributed by atoms with Crippen LogP contribution in [-0.4, -0.2) is 35.0 Å². The SMILES string of the molecule is CNC(=O)O/N=C/c1nn(C(C)=O)cc1Br. The van der Waals surface area contributed by atoms with Gasteiger partial charge in [0.1, 0.15) is 5.69 Å². The monoisotopic (exact) mass is 288 g/mol. The molecule has 0 fully saturated rings. The molecule has 0 aromatic carbocycles. The van der Waals surface area contributed by atoms with E-state index in [9.17, 15) is 9.59 Å². The maximum atomic E-state index is 11.0. The van der Waals surface area contributed by atoms with Gasteiger partial charge in [-0.15, -0.1) is 0 Å². The molecule has 0 aliphatic heterocycles. The Bertz CT molecular complexity index is 440. The molecule has 1 N–H and O–H groups in total. The quantitative estimate of drug-likeness (QED) is 0.500. The highest BCUT2D eigenvalue weighted by Gasteiger charge is 2.07. The summed E-state index contributed by atoms with van der Waals surface area (Å²) >= 11 is 3.19. The lowest BCUT2D eigenvalue weighted by Gasteiger charge is -1.92. The predicted molar refractivity (Wildman–Crippen MR) is 59.4 cm³/mol. The van der Waals surface area contributed by atoms with E-state index in [-0.39, 0.29) is 5.91 Å². The molecular formula is C8H9BrN4O3. The molecule has 0 radical (unpaired) electrons. The number of hydrogen-bond donors (Lipinski definition) is 1. The van der Waals surface area contributed by atoms with Gasteiger partial charge in [0.05, 0.1) is 10.7 Å². The molecular weight excluding hydrogens is 280 g/mol. The van der Waals surface area contributed by atoms with Gasteiger partial charge < -0.3 is 5.32 Å². The highest BCUT2D eigenvalue weighted by Crippen LogP contribution is 2.12. The van der Waals surface area contributed by atoms with E-state index in [1.54, 1.807) is 0 Å². The van der Waals surface area contributed by atoms with Crippen LogP contribution in [-0.2, 0) is 4.84 Å². The molecule has 0 saturated carbocycles. The van der Waals surface area contributed by atoms with Crippen molar-refractivity contribution in [2.45, 2.75) is 6.92 Å². The van der Waals surface area contributed by atoms with E-state index in [2.05, 4.69) is 36.3 Å². The Morgan fingerprint density at radius 3 is 2.88 bits per heavy atom. The van der Waals surface area contributed by atoms with E-state index in [0.29, 0.717) is 10.2 Å². The molecule has 0 aliphatic rings. The van der Waals surface area contributed by atoms with Gasteiger partial charge in [0.15, 0.2) is 0 Å². The molecule has 1 amide bonds. The molecule has 0 atom stereocenters. The third-order valence-electron chi connectivity index (χ3n) is 1.53. The standard InChI is InChI=1S/C8H9BrN4O3/c1-5(14)13-4-6(9)7(12-13)3-11-16-8(15)10-2/h3-4H,1-2H3,(H,10,15)/b11-3+. The summed E-state index contributed by atoms with van der Waals surface area (Å²) in [6.07, 6.45) is 2.03. The maximum Gasteiger partial charge on any atom is 0.433 e. The number of hydrogen-bond acceptors (Lipinski definition) is 5. The third-order valence-corrected chi connectivity index (χ3v) is 2.14. The molecule has 0 saturated heterocycles. The summed E-state index contributed by atoms with van der Waals surface area (Å²) in [7, 11) is 1.41. The second-order valence-corrected chi connectivity index (χ2v) is 3.54. The van der Waals surface area contributed by atoms with Crippen molar-refractivity contribution in [2.24, 2.45) is 5.16 Å². The average Bonchev–Trinajstić information content (AvgIpc) is 2.60. The predicted octanol–water partition coefficient (Wildman–Crippen LogP) is 0.996. The van der Waals surface area contributed by atoms with E-state index >= 15 is 0 Å². The number of rotatable bonds is 2. The first-order valence-electron chi connectivity index (χ1n) is 4.22. The van der Waals surface area contributed by atoms with Crippen molar-refractivity contribution in [1.82, 2.24) is 15.1 Å². The summed E-state index contributed by atoms with van der Waals surface area (Å²) in [5.41, 5.74) is 0.388. The molecule has 1 aromatic heterocycles. The average molecular weight is 289 g/mol. The minimum absolute atomic E-state index is 0.229. The number of nitrogens with zero attached hydrogens (tertiary/aromatic N) is 3. The van der Waals surface area contributed by atoms with Crippen LogP contribution in [0.1, 0.15) is 17.4 Å². The van der Waals surface area contributed by atoms with Crippen LogP contribution in [0.15, 0.2) is 15.8 Å². The molecule has 1 rings (SSSR count). The van der Waals surface area contributed by atoms with Crippen LogP contribution in [0, 0.1) is 0 Å². The molecule has 0 unspecified atom stereocenters. The molecule has 0 aliphatic carbocycles. The van der Waals surface area contributed by atoms with Crippen molar-refractivity contribution in [2.75, 3.05) is 7.05 Å². The van der Waals surface area contributed by atoms with E-state index in [0.717, 1.165) is 4.68 Å². The van der Waals surface area contributed by atoms with Gasteiger partial charge in [-0.25, -0.2) is 9.48 Å². The normalized spacial score (nSPS) is 10.4. The van der Waals surface area contributed by atoms with E-state index in [1.807, 2.05) is 0 Å². The van der Waals surface area contributed by atoms with Crippen LogP contribution in [0.2, 0.25) is 0 Å². The number of amides is 1. The minimum atomic E-state index is -0.682. The molecule has 7 nitrogen and oxygen atoms in total. The summed E-state index contributed by atoms with van der Waals surface area (Å²) in [5.74, 6) is -0.229. The van der Waals surface area contributed by atoms with Crippen molar-refractivity contribution in [3.05, 3.63) is 16.4 Å². The van der Waals surface area contributed by atoms with E-state index in [1.165, 1.54) is 26.4 Å². The number of carbonyl (C=O) groups is 2. The Labute approximate surface area is 99.6 Å². The zero-order valence-electron chi connectivity index (χ0n) is 8.60. The summed E-state index contributed by atoms with van der Waals surface area (Å²) in [4.78, 5) is 26.0. The third kappa shape index (κ3) is 3.16. The molecule has 86 valence electrons. The Kier molecular flexibility index (Phi) is 4.18. The summed E-state index contributed by atoms with van der Waals surface area (Å²) in [6.45, 7) is 1.38. The fourth-order valence-electron chi connectivity index (χ4n) is 0.785. The van der Waals surface area contributed by atoms with Gasteiger partial charge in [0.25, 0.3) is 0 Å². The zero-order chi connectivity index (χ0) is 12.1. The molecule has 1 aromatic rings. The van der Waals surface area contributed by atoms with Gasteiger partial charge in [0, 0.05) is 20.2 Å². The van der Waals surface area contributed by atoms with Crippen molar-refractivity contribution < 1.29 is 14.4 Å². The van der Waals surface area contributed by atoms with Crippen LogP contribution in [0.5, 0.6) is 0 Å². The van der Waals surface area contributed by atoms with Crippen LogP contribution in [0.4, 0.5) is 4.79 Å². The first kappa shape index (κ1) is 12.4. The smallest absolute Gasteiger partial charge is 0.323 e. The summed E-state index contributed by atoms with van der Waals surface area (Å²) in [6, 6.07) is 0. The fourth-order valence-corrected chi connectivity index (χ4v) is 1.16. The van der Waals surface area contributed by atoms with Crippen molar-refractivity contribution in [3.63, 3.8) is 0 Å². The van der Waals surface area contributed by atoms with Crippen molar-refractivity contribution >= 4 is 34.1 Å². The molecule has 8 heteroatoms. The minimum Gasteiger partial charge on any atom is -0.323 e. The number of aromatic nitrogens is 2. The number of halogens is 1. The van der Waals surface area contributed by atoms with Gasteiger partial charge in [-0.1, -0.05) is 5.16 Å². The Morgan fingerprint density at radius 2 is 2.38 bits per heavy atom. The lowest BCUT2D eigenvalue weighted by molar-refractivity contribution is 0.0921. The first-order chi connectivity index (χ1) is 7.54. The fraction of sp³-hybridized carbons (Fsp3) is 0.250. The van der Waals surface area contributed by atoms with Crippen LogP contribution in [0.3, 0.4) is 0 Å². The van der Waals surface area contributed by atoms with Gasteiger partial charge in [-0.2, -0.15) is 5.10 Å². The highest BCUT2D eigenvalue weighted by molar-refractivity contribution is 9.10. The van der Waals surface area contributed by atoms with E-state index < -0.39 is 6.09 Å². The summed E-state index contributed by atoms with van der Waals surface area (Å²) in [5, 5.41) is 9.51. The van der Waals surface area contributed by atoms with Crippen LogP contribution < -0.4 is 5.32 Å². The van der Waals surface area contributed by atoms with Crippen molar-refractivity contribution in [3.8, 4) is 0 Å². The van der Waals surface area contributed by atoms with E-state index in [4.69, 9.17) is 0 Å². The molecule has 1 heterocycles. The second-order valence-electron chi connectivity index (χ2n) is 2.69. The van der Waals surface area contributed by atoms with Gasteiger partial charge in [-0.3, -0.25) is 9.63 Å². The highest BCUT2D eigenvalue weighted by atomic mass is 79.9. The van der Waals surface area contributed by atoms with Gasteiger partial charge in [-0.05, 0) is 15.9 Å². The first-order valence-corrected chi connectivity index (χ1v) is 5.02. The van der Waals surface area contributed by atoms with Crippen LogP contribution in [0.25, 0.3) is 0 Å². The Morgan fingerprint density at radius 1 is 1.69 bits per heavy atom. The number of oxime groups is 1. The lowest BCUT2D eigenvalue weighted by Crippen LogP contribution is -2.16. The number of carbonyl (C=O) groups excluding carboxylic acids is 2. The zero-order valence-corrected chi connectivity index (χ0v) is 10.2. The Hall–Kier alpha value is -1.70. The maximum absolute atomic E-state index is 11.0. The molecule has 16 heavy (non-hydrogen) atoms. The van der Waals surface area contributed by atoms with Gasteiger partial charge in [0.2, 0.25) is 5.91 Å². The summed E-state index contributed by atoms with van der Waals surface area (Å²) < 4.78 is 1.72. The second kappa shape index (κ2) is 5.40.